The summed E-state index contributed by atoms with van der Waals surface area (Å²) in [6.07, 6.45) is 0. The molecule has 4 heteroatoms. The normalized spacial score (nSPS) is 10.4. The van der Waals surface area contributed by atoms with Crippen LogP contribution in [0.2, 0.25) is 5.02 Å². The van der Waals surface area contributed by atoms with Gasteiger partial charge in [-0.25, -0.2) is 4.39 Å². The van der Waals surface area contributed by atoms with Gasteiger partial charge in [0.05, 0.1) is 5.02 Å². The fraction of sp³-hybridized carbons (Fsp3) is 0.167. The Labute approximate surface area is 103 Å². The van der Waals surface area contributed by atoms with Gasteiger partial charge in [-0.2, -0.15) is 0 Å². The van der Waals surface area contributed by atoms with Gasteiger partial charge in [0.25, 0.3) is 0 Å². The minimum absolute atomic E-state index is 0.186. The lowest BCUT2D eigenvalue weighted by atomic mass is 10.2. The standard InChI is InChI=1S/C12H11ClFNS/c1-8-2-3-10(5-12(8)14)15-6-11-4-9(13)7-16-11/h2-5,7,15H,6H2,1H3. The Morgan fingerprint density at radius 3 is 2.81 bits per heavy atom. The average molecular weight is 256 g/mol. The molecule has 84 valence electrons. The van der Waals surface area contributed by atoms with Gasteiger partial charge in [0.1, 0.15) is 5.82 Å². The first-order chi connectivity index (χ1) is 7.65. The van der Waals surface area contributed by atoms with E-state index in [0.29, 0.717) is 12.1 Å². The van der Waals surface area contributed by atoms with Crippen LogP contribution in [0.4, 0.5) is 10.1 Å². The van der Waals surface area contributed by atoms with Crippen LogP contribution in [0.25, 0.3) is 0 Å². The van der Waals surface area contributed by atoms with Crippen molar-refractivity contribution in [3.63, 3.8) is 0 Å². The summed E-state index contributed by atoms with van der Waals surface area (Å²) in [6, 6.07) is 7.04. The maximum Gasteiger partial charge on any atom is 0.128 e. The van der Waals surface area contributed by atoms with Crippen molar-refractivity contribution < 1.29 is 4.39 Å². The molecule has 0 saturated heterocycles. The summed E-state index contributed by atoms with van der Waals surface area (Å²) in [4.78, 5) is 1.13. The largest absolute Gasteiger partial charge is 0.380 e. The molecule has 0 aliphatic rings. The Bertz CT molecular complexity index is 496. The summed E-state index contributed by atoms with van der Waals surface area (Å²) in [7, 11) is 0. The van der Waals surface area contributed by atoms with Crippen molar-refractivity contribution in [1.29, 1.82) is 0 Å². The van der Waals surface area contributed by atoms with Crippen molar-refractivity contribution in [1.82, 2.24) is 0 Å². The lowest BCUT2D eigenvalue weighted by Gasteiger charge is -2.05. The number of benzene rings is 1. The Kier molecular flexibility index (Phi) is 3.46. The van der Waals surface area contributed by atoms with Crippen molar-refractivity contribution in [3.05, 3.63) is 50.9 Å². The van der Waals surface area contributed by atoms with E-state index in [1.807, 2.05) is 17.5 Å². The molecule has 16 heavy (non-hydrogen) atoms. The minimum atomic E-state index is -0.186. The van der Waals surface area contributed by atoms with Gasteiger partial charge in [-0.05, 0) is 30.7 Å². The zero-order valence-corrected chi connectivity index (χ0v) is 10.3. The highest BCUT2D eigenvalue weighted by atomic mass is 35.5. The second kappa shape index (κ2) is 4.85. The van der Waals surface area contributed by atoms with Crippen LogP contribution in [-0.2, 0) is 6.54 Å². The van der Waals surface area contributed by atoms with Crippen molar-refractivity contribution in [2.75, 3.05) is 5.32 Å². The van der Waals surface area contributed by atoms with Crippen LogP contribution in [-0.4, -0.2) is 0 Å². The zero-order valence-electron chi connectivity index (χ0n) is 8.76. The van der Waals surface area contributed by atoms with Crippen LogP contribution in [0.15, 0.2) is 29.6 Å². The van der Waals surface area contributed by atoms with Crippen molar-refractivity contribution in [2.45, 2.75) is 13.5 Å². The van der Waals surface area contributed by atoms with Gasteiger partial charge in [-0.1, -0.05) is 17.7 Å². The molecule has 1 heterocycles. The lowest BCUT2D eigenvalue weighted by Crippen LogP contribution is -1.98. The van der Waals surface area contributed by atoms with E-state index >= 15 is 0 Å². The third kappa shape index (κ3) is 2.74. The molecule has 0 unspecified atom stereocenters. The third-order valence-electron chi connectivity index (χ3n) is 2.26. The topological polar surface area (TPSA) is 12.0 Å². The van der Waals surface area contributed by atoms with Gasteiger partial charge >= 0.3 is 0 Å². The smallest absolute Gasteiger partial charge is 0.128 e. The molecule has 0 saturated carbocycles. The minimum Gasteiger partial charge on any atom is -0.380 e. The maximum atomic E-state index is 13.3. The van der Waals surface area contributed by atoms with E-state index in [1.165, 1.54) is 6.07 Å². The molecule has 0 bridgehead atoms. The van der Waals surface area contributed by atoms with E-state index in [0.717, 1.165) is 15.6 Å². The summed E-state index contributed by atoms with van der Waals surface area (Å²) in [5.41, 5.74) is 1.44. The van der Waals surface area contributed by atoms with E-state index in [-0.39, 0.29) is 5.82 Å². The molecule has 0 aliphatic heterocycles. The highest BCUT2D eigenvalue weighted by Gasteiger charge is 2.00. The van der Waals surface area contributed by atoms with Crippen LogP contribution < -0.4 is 5.32 Å². The summed E-state index contributed by atoms with van der Waals surface area (Å²) in [6.45, 7) is 2.41. The molecule has 1 aromatic heterocycles. The number of aryl methyl sites for hydroxylation is 1. The third-order valence-corrected chi connectivity index (χ3v) is 3.54. The lowest BCUT2D eigenvalue weighted by molar-refractivity contribution is 0.619. The molecule has 2 aromatic rings. The monoisotopic (exact) mass is 255 g/mol. The van der Waals surface area contributed by atoms with Gasteiger partial charge in [-0.3, -0.25) is 0 Å². The van der Waals surface area contributed by atoms with Gasteiger partial charge in [0, 0.05) is 22.5 Å². The summed E-state index contributed by atoms with van der Waals surface area (Å²) in [5, 5.41) is 5.78. The Balaban J connectivity index is 2.02. The van der Waals surface area contributed by atoms with Crippen LogP contribution in [0.3, 0.4) is 0 Å². The van der Waals surface area contributed by atoms with E-state index < -0.39 is 0 Å². The Morgan fingerprint density at radius 1 is 1.38 bits per heavy atom. The van der Waals surface area contributed by atoms with Crippen LogP contribution >= 0.6 is 22.9 Å². The maximum absolute atomic E-state index is 13.3. The second-order valence-corrected chi connectivity index (χ2v) is 4.98. The molecule has 0 radical (unpaired) electrons. The Morgan fingerprint density at radius 2 is 2.19 bits per heavy atom. The molecule has 0 aliphatic carbocycles. The number of rotatable bonds is 3. The van der Waals surface area contributed by atoms with Gasteiger partial charge in [0.15, 0.2) is 0 Å². The molecule has 0 fully saturated rings. The molecule has 1 aromatic carbocycles. The van der Waals surface area contributed by atoms with Gasteiger partial charge in [0.2, 0.25) is 0 Å². The number of halogens is 2. The summed E-state index contributed by atoms with van der Waals surface area (Å²) >= 11 is 7.40. The van der Waals surface area contributed by atoms with E-state index in [4.69, 9.17) is 11.6 Å². The molecular formula is C12H11ClFNS. The molecule has 0 amide bonds. The van der Waals surface area contributed by atoms with Crippen LogP contribution in [0.1, 0.15) is 10.4 Å². The van der Waals surface area contributed by atoms with Crippen molar-refractivity contribution >= 4 is 28.6 Å². The number of nitrogens with one attached hydrogen (secondary N) is 1. The highest BCUT2D eigenvalue weighted by molar-refractivity contribution is 7.10. The molecule has 0 atom stereocenters. The van der Waals surface area contributed by atoms with Crippen LogP contribution in [0.5, 0.6) is 0 Å². The van der Waals surface area contributed by atoms with Gasteiger partial charge < -0.3 is 5.32 Å². The predicted molar refractivity (Wildman–Crippen MR) is 67.8 cm³/mol. The molecule has 1 N–H and O–H groups in total. The first kappa shape index (κ1) is 11.4. The average Bonchev–Trinajstić information content (AvgIpc) is 2.66. The summed E-state index contributed by atoms with van der Waals surface area (Å²) < 4.78 is 13.3. The fourth-order valence-corrected chi connectivity index (χ4v) is 2.35. The number of hydrogen-bond donors (Lipinski definition) is 1. The first-order valence-corrected chi connectivity index (χ1v) is 6.14. The van der Waals surface area contributed by atoms with E-state index in [9.17, 15) is 4.39 Å². The second-order valence-electron chi connectivity index (χ2n) is 3.55. The van der Waals surface area contributed by atoms with Gasteiger partial charge in [-0.15, -0.1) is 11.3 Å². The summed E-state index contributed by atoms with van der Waals surface area (Å²) in [5.74, 6) is -0.186. The molecular weight excluding hydrogens is 245 g/mol. The fourth-order valence-electron chi connectivity index (χ4n) is 1.34. The van der Waals surface area contributed by atoms with E-state index in [2.05, 4.69) is 5.32 Å². The zero-order chi connectivity index (χ0) is 11.5. The van der Waals surface area contributed by atoms with Crippen LogP contribution in [0, 0.1) is 12.7 Å². The first-order valence-electron chi connectivity index (χ1n) is 4.88. The van der Waals surface area contributed by atoms with E-state index in [1.54, 1.807) is 24.3 Å². The molecule has 2 rings (SSSR count). The van der Waals surface area contributed by atoms with Crippen molar-refractivity contribution in [3.8, 4) is 0 Å². The predicted octanol–water partition coefficient (Wildman–Crippen LogP) is 4.46. The number of thiophene rings is 1. The van der Waals surface area contributed by atoms with Crippen molar-refractivity contribution in [2.24, 2.45) is 0 Å². The molecule has 0 spiro atoms. The quantitative estimate of drug-likeness (QED) is 0.854. The molecule has 1 nitrogen and oxygen atoms in total. The number of hydrogen-bond acceptors (Lipinski definition) is 2. The highest BCUT2D eigenvalue weighted by Crippen LogP contribution is 2.21. The Hall–Kier alpha value is -1.06. The SMILES string of the molecule is Cc1ccc(NCc2cc(Cl)cs2)cc1F. The number of anilines is 1.